The topological polar surface area (TPSA) is 99.4 Å². The summed E-state index contributed by atoms with van der Waals surface area (Å²) in [6, 6.07) is 0. The maximum absolute atomic E-state index is 9.88. The fraction of sp³-hybridized carbons (Fsp3) is 0.875. The molecular weight excluding hydrogens is 256 g/mol. The highest BCUT2D eigenvalue weighted by Crippen LogP contribution is 2.35. The monoisotopic (exact) mass is 270 g/mol. The SMILES string of the molecule is CCOC(=S)SC1(O)OC[C@@H](O)[C@H](O)[C@H]1O. The molecule has 1 aliphatic heterocycles. The van der Waals surface area contributed by atoms with Crippen molar-refractivity contribution in [3.8, 4) is 0 Å². The molecule has 1 fully saturated rings. The van der Waals surface area contributed by atoms with Crippen LogP contribution in [0.1, 0.15) is 6.92 Å². The average molecular weight is 270 g/mol. The van der Waals surface area contributed by atoms with E-state index in [0.717, 1.165) is 0 Å². The van der Waals surface area contributed by atoms with Gasteiger partial charge >= 0.3 is 0 Å². The van der Waals surface area contributed by atoms with Gasteiger partial charge in [0.15, 0.2) is 0 Å². The summed E-state index contributed by atoms with van der Waals surface area (Å²) in [4.78, 5) is 0. The maximum atomic E-state index is 9.88. The van der Waals surface area contributed by atoms with Gasteiger partial charge in [0, 0.05) is 0 Å². The average Bonchev–Trinajstić information content (AvgIpc) is 2.22. The number of thioether (sulfide) groups is 1. The van der Waals surface area contributed by atoms with Gasteiger partial charge in [-0.1, -0.05) is 0 Å². The Bertz CT molecular complexity index is 263. The predicted octanol–water partition coefficient (Wildman–Crippen LogP) is -1.20. The van der Waals surface area contributed by atoms with Crippen LogP contribution in [0.4, 0.5) is 0 Å². The molecule has 0 aromatic heterocycles. The zero-order valence-electron chi connectivity index (χ0n) is 8.57. The van der Waals surface area contributed by atoms with Gasteiger partial charge in [0.25, 0.3) is 5.12 Å². The summed E-state index contributed by atoms with van der Waals surface area (Å²) in [5.74, 6) is 0. The molecule has 1 rings (SSSR count). The Kier molecular flexibility index (Phi) is 4.92. The third-order valence-corrected chi connectivity index (χ3v) is 3.35. The molecule has 4 N–H and O–H groups in total. The minimum absolute atomic E-state index is 0.00682. The summed E-state index contributed by atoms with van der Waals surface area (Å²) in [7, 11) is 0. The summed E-state index contributed by atoms with van der Waals surface area (Å²) in [6.07, 6.45) is -4.40. The highest BCUT2D eigenvalue weighted by atomic mass is 32.2. The lowest BCUT2D eigenvalue weighted by Crippen LogP contribution is -2.59. The summed E-state index contributed by atoms with van der Waals surface area (Å²) >= 11 is 5.36. The first-order chi connectivity index (χ1) is 7.40. The Labute approximate surface area is 102 Å². The zero-order chi connectivity index (χ0) is 12.3. The lowest BCUT2D eigenvalue weighted by molar-refractivity contribution is -0.272. The molecule has 6 nitrogen and oxygen atoms in total. The van der Waals surface area contributed by atoms with Gasteiger partial charge in [0.1, 0.15) is 18.3 Å². The second-order valence-electron chi connectivity index (χ2n) is 3.23. The fourth-order valence-corrected chi connectivity index (χ4v) is 2.45. The van der Waals surface area contributed by atoms with Crippen molar-refractivity contribution >= 4 is 28.4 Å². The Morgan fingerprint density at radius 3 is 2.75 bits per heavy atom. The van der Waals surface area contributed by atoms with E-state index in [1.165, 1.54) is 0 Å². The van der Waals surface area contributed by atoms with E-state index in [1.807, 2.05) is 0 Å². The van der Waals surface area contributed by atoms with Crippen LogP contribution in [-0.2, 0) is 9.47 Å². The van der Waals surface area contributed by atoms with Gasteiger partial charge in [-0.25, -0.2) is 0 Å². The number of hydrogen-bond donors (Lipinski definition) is 4. The normalized spacial score (nSPS) is 39.4. The Morgan fingerprint density at radius 2 is 2.19 bits per heavy atom. The van der Waals surface area contributed by atoms with E-state index in [2.05, 4.69) is 0 Å². The maximum Gasteiger partial charge on any atom is 0.253 e. The quantitative estimate of drug-likeness (QED) is 0.367. The first-order valence-electron chi connectivity index (χ1n) is 4.67. The summed E-state index contributed by atoms with van der Waals surface area (Å²) in [5, 5.41) is 35.9. The van der Waals surface area contributed by atoms with Crippen LogP contribution in [0.15, 0.2) is 0 Å². The standard InChI is InChI=1S/C8H14O6S2/c1-2-13-7(15)16-8(12)6(11)5(10)4(9)3-14-8/h4-6,9-12H,2-3H2,1H3/t4-,5+,6-,8?/m1/s1. The van der Waals surface area contributed by atoms with Crippen molar-refractivity contribution in [1.29, 1.82) is 0 Å². The minimum atomic E-state index is -2.09. The van der Waals surface area contributed by atoms with Gasteiger partial charge in [-0.2, -0.15) is 0 Å². The molecule has 8 heteroatoms. The van der Waals surface area contributed by atoms with Crippen LogP contribution < -0.4 is 0 Å². The molecule has 1 aliphatic rings. The van der Waals surface area contributed by atoms with Gasteiger partial charge < -0.3 is 29.9 Å². The molecule has 0 bridgehead atoms. The molecule has 1 heterocycles. The molecule has 0 aromatic rings. The number of aliphatic hydroxyl groups is 4. The molecule has 0 aliphatic carbocycles. The summed E-state index contributed by atoms with van der Waals surface area (Å²) in [5.41, 5.74) is 0. The molecule has 0 spiro atoms. The smallest absolute Gasteiger partial charge is 0.253 e. The Hall–Kier alpha value is 0.0400. The fourth-order valence-electron chi connectivity index (χ4n) is 1.17. The molecule has 16 heavy (non-hydrogen) atoms. The highest BCUT2D eigenvalue weighted by molar-refractivity contribution is 8.23. The number of thiocarbonyl (C=S) groups is 1. The van der Waals surface area contributed by atoms with Crippen molar-refractivity contribution in [2.75, 3.05) is 13.2 Å². The van der Waals surface area contributed by atoms with E-state index < -0.39 is 23.4 Å². The van der Waals surface area contributed by atoms with E-state index in [1.54, 1.807) is 6.92 Å². The molecule has 0 saturated carbocycles. The van der Waals surface area contributed by atoms with Crippen molar-refractivity contribution < 1.29 is 29.9 Å². The number of ether oxygens (including phenoxy) is 2. The third-order valence-electron chi connectivity index (χ3n) is 2.04. The Balaban J connectivity index is 2.65. The molecule has 0 aromatic carbocycles. The zero-order valence-corrected chi connectivity index (χ0v) is 10.2. The van der Waals surface area contributed by atoms with Crippen molar-refractivity contribution in [2.24, 2.45) is 0 Å². The van der Waals surface area contributed by atoms with Gasteiger partial charge in [-0.3, -0.25) is 0 Å². The van der Waals surface area contributed by atoms with Crippen LogP contribution in [0.2, 0.25) is 0 Å². The molecule has 1 unspecified atom stereocenters. The molecule has 1 saturated heterocycles. The first-order valence-corrected chi connectivity index (χ1v) is 5.89. The third kappa shape index (κ3) is 3.04. The van der Waals surface area contributed by atoms with Crippen LogP contribution >= 0.6 is 24.0 Å². The van der Waals surface area contributed by atoms with E-state index in [-0.39, 0.29) is 11.0 Å². The molecule has 0 amide bonds. The molecule has 0 radical (unpaired) electrons. The van der Waals surface area contributed by atoms with Crippen LogP contribution in [-0.4, -0.2) is 61.5 Å². The highest BCUT2D eigenvalue weighted by Gasteiger charge is 2.50. The summed E-state index contributed by atoms with van der Waals surface area (Å²) in [6.45, 7) is 1.74. The first kappa shape index (κ1) is 14.1. The Morgan fingerprint density at radius 1 is 1.56 bits per heavy atom. The van der Waals surface area contributed by atoms with Gasteiger partial charge in [0.05, 0.1) is 13.2 Å². The van der Waals surface area contributed by atoms with Gasteiger partial charge in [-0.05, 0) is 30.9 Å². The van der Waals surface area contributed by atoms with Crippen LogP contribution in [0.3, 0.4) is 0 Å². The van der Waals surface area contributed by atoms with E-state index >= 15 is 0 Å². The van der Waals surface area contributed by atoms with Gasteiger partial charge in [0.2, 0.25) is 4.38 Å². The predicted molar refractivity (Wildman–Crippen MR) is 60.7 cm³/mol. The van der Waals surface area contributed by atoms with E-state index in [9.17, 15) is 20.4 Å². The van der Waals surface area contributed by atoms with Crippen LogP contribution in [0, 0.1) is 0 Å². The lowest BCUT2D eigenvalue weighted by Gasteiger charge is -2.40. The summed E-state index contributed by atoms with van der Waals surface area (Å²) < 4.78 is 9.78. The lowest BCUT2D eigenvalue weighted by atomic mass is 10.1. The van der Waals surface area contributed by atoms with Gasteiger partial charge in [-0.15, -0.1) is 0 Å². The van der Waals surface area contributed by atoms with Crippen molar-refractivity contribution in [2.45, 2.75) is 30.4 Å². The van der Waals surface area contributed by atoms with Crippen LogP contribution in [0.5, 0.6) is 0 Å². The molecular formula is C8H14O6S2. The van der Waals surface area contributed by atoms with E-state index in [4.69, 9.17) is 21.7 Å². The van der Waals surface area contributed by atoms with Crippen molar-refractivity contribution in [1.82, 2.24) is 0 Å². The molecule has 94 valence electrons. The van der Waals surface area contributed by atoms with Crippen LogP contribution in [0.25, 0.3) is 0 Å². The van der Waals surface area contributed by atoms with Crippen molar-refractivity contribution in [3.05, 3.63) is 0 Å². The number of hydrogen-bond acceptors (Lipinski definition) is 8. The number of aliphatic hydroxyl groups excluding tert-OH is 3. The second kappa shape index (κ2) is 5.58. The van der Waals surface area contributed by atoms with Crippen molar-refractivity contribution in [3.63, 3.8) is 0 Å². The minimum Gasteiger partial charge on any atom is -0.479 e. The largest absolute Gasteiger partial charge is 0.479 e. The second-order valence-corrected chi connectivity index (χ2v) is 5.02. The van der Waals surface area contributed by atoms with E-state index in [0.29, 0.717) is 18.4 Å². The molecule has 4 atom stereocenters. The number of rotatable bonds is 2.